The van der Waals surface area contributed by atoms with Crippen LogP contribution >= 0.6 is 15.9 Å². The maximum absolute atomic E-state index is 11.5. The highest BCUT2D eigenvalue weighted by Gasteiger charge is 2.37. The molecule has 0 aromatic heterocycles. The summed E-state index contributed by atoms with van der Waals surface area (Å²) in [6, 6.07) is 6.86. The Labute approximate surface area is 143 Å². The van der Waals surface area contributed by atoms with E-state index in [0.717, 1.165) is 4.47 Å². The molecule has 0 radical (unpaired) electrons. The summed E-state index contributed by atoms with van der Waals surface area (Å²) in [5, 5.41) is 9.30. The molecule has 8 heteroatoms. The maximum atomic E-state index is 11.5. The highest BCUT2D eigenvalue weighted by Crippen LogP contribution is 2.19. The van der Waals surface area contributed by atoms with Crippen molar-refractivity contribution in [2.45, 2.75) is 38.9 Å². The van der Waals surface area contributed by atoms with E-state index in [9.17, 15) is 14.7 Å². The lowest BCUT2D eigenvalue weighted by Gasteiger charge is -2.26. The fourth-order valence-electron chi connectivity index (χ4n) is 1.34. The number of aliphatic carboxylic acids is 1. The Balaban J connectivity index is 2.62. The van der Waals surface area contributed by atoms with Crippen LogP contribution in [0.1, 0.15) is 27.7 Å². The highest BCUT2D eigenvalue weighted by molar-refractivity contribution is 9.10. The molecule has 7 nitrogen and oxygen atoms in total. The average Bonchev–Trinajstić information content (AvgIpc) is 2.42. The number of nitrogens with one attached hydrogen (secondary N) is 1. The average molecular weight is 390 g/mol. The number of halogens is 1. The standard InChI is InChI=1S/C15H20BrNO6/c1-14(2,3)22-13(20)17-23-15(4,12(18)19)9-21-11-7-5-10(16)6-8-11/h5-8H,9H2,1-4H3,(H,17,20)(H,18,19)/t15-/m0/s1. The van der Waals surface area contributed by atoms with Crippen LogP contribution in [0.4, 0.5) is 4.79 Å². The zero-order chi connectivity index (χ0) is 17.7. The second kappa shape index (κ2) is 7.65. The van der Waals surface area contributed by atoms with Gasteiger partial charge in [-0.3, -0.25) is 0 Å². The Bertz CT molecular complexity index is 554. The number of carboxylic acid groups (broad SMARTS) is 1. The van der Waals surface area contributed by atoms with Gasteiger partial charge in [0.2, 0.25) is 5.60 Å². The van der Waals surface area contributed by atoms with Crippen LogP contribution in [0.3, 0.4) is 0 Å². The largest absolute Gasteiger partial charge is 0.490 e. The second-order valence-electron chi connectivity index (χ2n) is 5.98. The number of hydrogen-bond acceptors (Lipinski definition) is 5. The van der Waals surface area contributed by atoms with E-state index in [1.165, 1.54) is 6.92 Å². The van der Waals surface area contributed by atoms with Gasteiger partial charge in [0.05, 0.1) is 0 Å². The van der Waals surface area contributed by atoms with Crippen molar-refractivity contribution >= 4 is 28.0 Å². The van der Waals surface area contributed by atoms with Crippen molar-refractivity contribution in [1.29, 1.82) is 0 Å². The lowest BCUT2D eigenvalue weighted by molar-refractivity contribution is -0.177. The fourth-order valence-corrected chi connectivity index (χ4v) is 1.60. The van der Waals surface area contributed by atoms with Crippen LogP contribution in [0.15, 0.2) is 28.7 Å². The van der Waals surface area contributed by atoms with Gasteiger partial charge in [0, 0.05) is 4.47 Å². The molecule has 128 valence electrons. The van der Waals surface area contributed by atoms with E-state index in [0.29, 0.717) is 5.75 Å². The molecule has 0 aliphatic carbocycles. The van der Waals surface area contributed by atoms with Gasteiger partial charge in [0.25, 0.3) is 0 Å². The van der Waals surface area contributed by atoms with E-state index in [4.69, 9.17) is 14.3 Å². The quantitative estimate of drug-likeness (QED) is 0.725. The van der Waals surface area contributed by atoms with Crippen LogP contribution < -0.4 is 10.2 Å². The number of ether oxygens (including phenoxy) is 2. The Morgan fingerprint density at radius 3 is 2.22 bits per heavy atom. The third-order valence-electron chi connectivity index (χ3n) is 2.54. The molecule has 0 unspecified atom stereocenters. The van der Waals surface area contributed by atoms with Gasteiger partial charge in [-0.15, -0.1) is 0 Å². The minimum Gasteiger partial charge on any atom is -0.490 e. The Morgan fingerprint density at radius 1 is 1.17 bits per heavy atom. The molecule has 0 saturated carbocycles. The normalized spacial score (nSPS) is 13.8. The molecule has 1 amide bonds. The molecule has 0 aliphatic heterocycles. The second-order valence-corrected chi connectivity index (χ2v) is 6.90. The van der Waals surface area contributed by atoms with E-state index in [1.54, 1.807) is 45.0 Å². The minimum atomic E-state index is -1.77. The summed E-state index contributed by atoms with van der Waals surface area (Å²) < 4.78 is 11.2. The predicted octanol–water partition coefficient (Wildman–Crippen LogP) is 3.13. The SMILES string of the molecule is CC(C)(C)OC(=O)NO[C@@](C)(COc1ccc(Br)cc1)C(=O)O. The molecule has 1 aromatic rings. The number of hydroxylamine groups is 1. The number of carboxylic acids is 1. The molecule has 0 fully saturated rings. The van der Waals surface area contributed by atoms with Gasteiger partial charge in [-0.1, -0.05) is 15.9 Å². The molecular weight excluding hydrogens is 370 g/mol. The molecule has 1 aromatic carbocycles. The van der Waals surface area contributed by atoms with Gasteiger partial charge in [-0.25, -0.2) is 14.4 Å². The smallest absolute Gasteiger partial charge is 0.431 e. The van der Waals surface area contributed by atoms with E-state index < -0.39 is 23.3 Å². The zero-order valence-electron chi connectivity index (χ0n) is 13.4. The van der Waals surface area contributed by atoms with Crippen LogP contribution in [-0.4, -0.2) is 35.0 Å². The lowest BCUT2D eigenvalue weighted by atomic mass is 10.1. The van der Waals surface area contributed by atoms with Crippen molar-refractivity contribution in [3.63, 3.8) is 0 Å². The molecule has 0 bridgehead atoms. The lowest BCUT2D eigenvalue weighted by Crippen LogP contribution is -2.49. The number of hydrogen-bond donors (Lipinski definition) is 2. The van der Waals surface area contributed by atoms with Crippen LogP contribution in [0.5, 0.6) is 5.75 Å². The number of amides is 1. The summed E-state index contributed by atoms with van der Waals surface area (Å²) in [5.74, 6) is -0.813. The first-order chi connectivity index (χ1) is 10.5. The van der Waals surface area contributed by atoms with Crippen molar-refractivity contribution in [1.82, 2.24) is 5.48 Å². The van der Waals surface area contributed by atoms with E-state index in [1.807, 2.05) is 5.48 Å². The van der Waals surface area contributed by atoms with Crippen LogP contribution in [0.25, 0.3) is 0 Å². The monoisotopic (exact) mass is 389 g/mol. The number of carbonyl (C=O) groups is 2. The predicted molar refractivity (Wildman–Crippen MR) is 86.1 cm³/mol. The molecular formula is C15H20BrNO6. The summed E-state index contributed by atoms with van der Waals surface area (Å²) >= 11 is 3.29. The molecule has 2 N–H and O–H groups in total. The molecule has 0 aliphatic rings. The maximum Gasteiger partial charge on any atom is 0.431 e. The molecule has 1 atom stereocenters. The van der Waals surface area contributed by atoms with Crippen LogP contribution in [-0.2, 0) is 14.4 Å². The Hall–Kier alpha value is -1.80. The fraction of sp³-hybridized carbons (Fsp3) is 0.467. The first kappa shape index (κ1) is 19.2. The van der Waals surface area contributed by atoms with Crippen LogP contribution in [0, 0.1) is 0 Å². The van der Waals surface area contributed by atoms with Crippen molar-refractivity contribution in [2.24, 2.45) is 0 Å². The third-order valence-corrected chi connectivity index (χ3v) is 3.07. The van der Waals surface area contributed by atoms with Gasteiger partial charge in [0.15, 0.2) is 0 Å². The highest BCUT2D eigenvalue weighted by atomic mass is 79.9. The van der Waals surface area contributed by atoms with Gasteiger partial charge >= 0.3 is 12.1 Å². The molecule has 23 heavy (non-hydrogen) atoms. The topological polar surface area (TPSA) is 94.1 Å². The van der Waals surface area contributed by atoms with Gasteiger partial charge in [0.1, 0.15) is 18.0 Å². The molecule has 1 rings (SSSR count). The minimum absolute atomic E-state index is 0.306. The summed E-state index contributed by atoms with van der Waals surface area (Å²) in [6.45, 7) is 6.02. The molecule has 0 saturated heterocycles. The third kappa shape index (κ3) is 6.87. The zero-order valence-corrected chi connectivity index (χ0v) is 15.0. The molecule has 0 spiro atoms. The van der Waals surface area contributed by atoms with Crippen molar-refractivity contribution in [3.05, 3.63) is 28.7 Å². The molecule has 0 heterocycles. The summed E-state index contributed by atoms with van der Waals surface area (Å²) in [6.07, 6.45) is -0.881. The van der Waals surface area contributed by atoms with Crippen molar-refractivity contribution in [2.75, 3.05) is 6.61 Å². The first-order valence-electron chi connectivity index (χ1n) is 6.81. The van der Waals surface area contributed by atoms with Crippen molar-refractivity contribution in [3.8, 4) is 5.75 Å². The Morgan fingerprint density at radius 2 is 1.74 bits per heavy atom. The summed E-state index contributed by atoms with van der Waals surface area (Å²) in [4.78, 5) is 27.9. The first-order valence-corrected chi connectivity index (χ1v) is 7.60. The summed E-state index contributed by atoms with van der Waals surface area (Å²) in [5.41, 5.74) is -0.518. The van der Waals surface area contributed by atoms with Gasteiger partial charge in [-0.2, -0.15) is 5.48 Å². The number of benzene rings is 1. The summed E-state index contributed by atoms with van der Waals surface area (Å²) in [7, 11) is 0. The number of rotatable bonds is 6. The number of carbonyl (C=O) groups excluding carboxylic acids is 1. The van der Waals surface area contributed by atoms with E-state index in [-0.39, 0.29) is 6.61 Å². The van der Waals surface area contributed by atoms with Crippen LogP contribution in [0.2, 0.25) is 0 Å². The van der Waals surface area contributed by atoms with E-state index in [2.05, 4.69) is 15.9 Å². The Kier molecular flexibility index (Phi) is 6.40. The van der Waals surface area contributed by atoms with E-state index >= 15 is 0 Å². The van der Waals surface area contributed by atoms with Gasteiger partial charge in [-0.05, 0) is 52.0 Å². The van der Waals surface area contributed by atoms with Crippen molar-refractivity contribution < 1.29 is 29.0 Å². The van der Waals surface area contributed by atoms with Gasteiger partial charge < -0.3 is 14.6 Å².